The summed E-state index contributed by atoms with van der Waals surface area (Å²) in [6, 6.07) is 59.9. The van der Waals surface area contributed by atoms with Gasteiger partial charge in [-0.1, -0.05) is 267 Å². The molecule has 0 spiro atoms. The summed E-state index contributed by atoms with van der Waals surface area (Å²) in [6.45, 7) is 18.8. The van der Waals surface area contributed by atoms with E-state index in [-0.39, 0.29) is 53.0 Å². The van der Waals surface area contributed by atoms with Crippen LogP contribution in [0.25, 0.3) is 116 Å². The summed E-state index contributed by atoms with van der Waals surface area (Å²) in [7, 11) is 0. The minimum atomic E-state index is -0.308. The van der Waals surface area contributed by atoms with Gasteiger partial charge < -0.3 is 13.2 Å². The summed E-state index contributed by atoms with van der Waals surface area (Å²) >= 11 is 12.2. The van der Waals surface area contributed by atoms with Crippen LogP contribution in [0.5, 0.6) is 0 Å². The average Bonchev–Trinajstić information content (AvgIpc) is 1.36. The van der Waals surface area contributed by atoms with Crippen LogP contribution in [0.15, 0.2) is 192 Å². The van der Waals surface area contributed by atoms with Crippen molar-refractivity contribution < 1.29 is 20.1 Å². The minimum absolute atomic E-state index is 0. The summed E-state index contributed by atoms with van der Waals surface area (Å²) < 4.78 is 8.57. The molecule has 0 amide bonds. The van der Waals surface area contributed by atoms with Gasteiger partial charge in [-0.3, -0.25) is 14.4 Å². The van der Waals surface area contributed by atoms with E-state index in [0.717, 1.165) is 130 Å². The van der Waals surface area contributed by atoms with Crippen molar-refractivity contribution in [2.24, 2.45) is 0 Å². The third kappa shape index (κ3) is 10.1. The first-order valence-corrected chi connectivity index (χ1v) is 30.1. The molecule has 0 aliphatic rings. The van der Waals surface area contributed by atoms with E-state index >= 15 is 0 Å². The Labute approximate surface area is 530 Å². The van der Waals surface area contributed by atoms with E-state index in [9.17, 15) is 14.4 Å². The Bertz CT molecular complexity index is 4640. The Balaban J connectivity index is 0.00000709. The van der Waals surface area contributed by atoms with E-state index in [1.54, 1.807) is 18.2 Å². The van der Waals surface area contributed by atoms with E-state index < -0.39 is 0 Å². The van der Waals surface area contributed by atoms with Crippen molar-refractivity contribution in [3.8, 4) is 66.8 Å². The fraction of sp³-hybridized carbons (Fsp3) is 0.167. The van der Waals surface area contributed by atoms with E-state index in [2.05, 4.69) is 252 Å². The molecule has 0 bridgehead atoms. The number of hydrogen-bond acceptors (Lipinski definition) is 6. The average molecular weight is 1480 g/mol. The van der Waals surface area contributed by atoms with Crippen LogP contribution in [-0.4, -0.2) is 28.2 Å². The van der Waals surface area contributed by atoms with Gasteiger partial charge in [-0.05, 0) is 83.6 Å². The normalized spacial score (nSPS) is 12.3. The van der Waals surface area contributed by atoms with Crippen molar-refractivity contribution in [2.75, 3.05) is 0 Å². The zero-order chi connectivity index (χ0) is 58.9. The zero-order valence-electron chi connectivity index (χ0n) is 48.0. The predicted molar refractivity (Wildman–Crippen MR) is 352 cm³/mol. The van der Waals surface area contributed by atoms with Crippen molar-refractivity contribution in [1.29, 1.82) is 0 Å². The number of hydrogen-bond donors (Lipinski definition) is 0. The van der Waals surface area contributed by atoms with Gasteiger partial charge in [0.05, 0.1) is 16.9 Å². The second-order valence-corrected chi connectivity index (χ2v) is 26.9. The van der Waals surface area contributed by atoms with Gasteiger partial charge in [-0.15, -0.1) is 36.4 Å². The third-order valence-electron chi connectivity index (χ3n) is 15.9. The fourth-order valence-corrected chi connectivity index (χ4v) is 13.8. The van der Waals surface area contributed by atoms with Gasteiger partial charge in [0, 0.05) is 51.5 Å². The van der Waals surface area contributed by atoms with Crippen LogP contribution < -0.4 is 16.7 Å². The molecule has 0 atom stereocenters. The molecule has 6 aromatic heterocycles. The number of aromatic nitrogens is 6. The first-order valence-electron chi connectivity index (χ1n) is 27.7. The minimum Gasteiger partial charge on any atom is -0.345 e. The predicted octanol–water partition coefficient (Wildman–Crippen LogP) is 17.7. The van der Waals surface area contributed by atoms with Gasteiger partial charge in [0.15, 0.2) is 0 Å². The number of rotatable bonds is 6. The van der Waals surface area contributed by atoms with Crippen molar-refractivity contribution in [2.45, 2.75) is 78.6 Å². The number of halogens is 3. The molecule has 0 saturated heterocycles. The summed E-state index contributed by atoms with van der Waals surface area (Å²) in [5.41, 5.74) is 14.0. The molecule has 0 aliphatic carbocycles. The Kier molecular flexibility index (Phi) is 14.6. The van der Waals surface area contributed by atoms with Crippen LogP contribution in [0.4, 0.5) is 0 Å². The van der Waals surface area contributed by atoms with Crippen LogP contribution in [-0.2, 0) is 36.4 Å². The topological polar surface area (TPSA) is 103 Å². The molecule has 0 aliphatic heterocycles. The quantitative estimate of drug-likeness (QED) is 0.121. The van der Waals surface area contributed by atoms with Gasteiger partial charge in [0.1, 0.15) is 0 Å². The largest absolute Gasteiger partial charge is 3.00 e. The Morgan fingerprint density at radius 3 is 0.847 bits per heavy atom. The van der Waals surface area contributed by atoms with Crippen LogP contribution in [0.3, 0.4) is 0 Å². The molecule has 9 nitrogen and oxygen atoms in total. The molecule has 85 heavy (non-hydrogen) atoms. The van der Waals surface area contributed by atoms with E-state index in [4.69, 9.17) is 0 Å². The molecule has 0 radical (unpaired) electrons. The maximum absolute atomic E-state index is 13.2. The van der Waals surface area contributed by atoms with Crippen LogP contribution in [0, 0.1) is 18.2 Å². The second-order valence-electron chi connectivity index (χ2n) is 24.6. The summed E-state index contributed by atoms with van der Waals surface area (Å²) in [4.78, 5) is 53.1. The summed E-state index contributed by atoms with van der Waals surface area (Å²) in [5.74, 6) is 0. The fourth-order valence-electron chi connectivity index (χ4n) is 11.9. The number of pyridine rings is 3. The van der Waals surface area contributed by atoms with Crippen LogP contribution in [0.2, 0.25) is 0 Å². The van der Waals surface area contributed by atoms with Crippen LogP contribution >= 0.6 is 47.8 Å². The van der Waals surface area contributed by atoms with Gasteiger partial charge in [-0.25, -0.2) is 15.0 Å². The first kappa shape index (κ1) is 57.9. The summed E-state index contributed by atoms with van der Waals surface area (Å²) in [6.07, 6.45) is 5.98. The molecular formula is C72H54Br3IrN6O3. The molecule has 420 valence electrons. The SMILES string of the molecule is CC(C)(C)c1cc(=O)nc2c3[c-]cc(-c4ccccc4-c4cc(-c5ccccc5-c5c[c-]c6c(ccn7c(C(C)(C)C)cc(=O)nc67)c5Br)cc(-c5ccccc5-c5c[c-]c6c(ccn7c(C(C)(C)C)cc(=O)nc67)c5Br)c4)c(Br)c3ccn12.[Ir+3]. The molecule has 6 heterocycles. The van der Waals surface area contributed by atoms with E-state index in [0.29, 0.717) is 16.9 Å². The Morgan fingerprint density at radius 1 is 0.353 bits per heavy atom. The molecule has 13 aromatic rings. The monoisotopic (exact) mass is 1480 g/mol. The first-order chi connectivity index (χ1) is 40.0. The molecule has 13 heteroatoms. The van der Waals surface area contributed by atoms with Crippen molar-refractivity contribution in [1.82, 2.24) is 28.2 Å². The van der Waals surface area contributed by atoms with E-state index in [1.165, 1.54) is 0 Å². The molecule has 0 fully saturated rings. The summed E-state index contributed by atoms with van der Waals surface area (Å²) in [5, 5.41) is 4.85. The molecule has 0 N–H and O–H groups in total. The second kappa shape index (κ2) is 21.5. The Morgan fingerprint density at radius 2 is 0.600 bits per heavy atom. The van der Waals surface area contributed by atoms with Gasteiger partial charge in [0.25, 0.3) is 16.7 Å². The molecular weight excluding hydrogens is 1430 g/mol. The molecule has 0 saturated carbocycles. The van der Waals surface area contributed by atoms with Gasteiger partial charge >= 0.3 is 20.1 Å². The number of nitrogens with zero attached hydrogens (tertiary/aromatic N) is 6. The van der Waals surface area contributed by atoms with Crippen molar-refractivity contribution in [3.05, 3.63) is 244 Å². The molecule has 13 rings (SSSR count). The maximum Gasteiger partial charge on any atom is 3.00 e. The van der Waals surface area contributed by atoms with Crippen molar-refractivity contribution >= 4 is 97.0 Å². The maximum atomic E-state index is 13.2. The van der Waals surface area contributed by atoms with Gasteiger partial charge in [-0.2, -0.15) is 0 Å². The third-order valence-corrected chi connectivity index (χ3v) is 18.4. The molecule has 7 aromatic carbocycles. The Hall–Kier alpha value is -7.51. The standard InChI is InChI=1S/C72H54Br3N6O3.Ir/c1-70(2,3)58-37-61(82)76-67-55-25-22-49(64(73)52(55)28-31-79(58)67)46-19-13-10-16-43(46)40-34-41(44-17-11-14-20-47(44)50-23-26-56-53(65(50)74)29-32-80-59(71(4,5)6)38-62(83)77-68(56)80)36-42(35-40)45-18-12-15-21-48(45)51-24-27-57-54(66(51)75)30-33-81-60(72(7,8)9)39-63(84)78-69(57)81;/h10-24,28-39H,1-9H3;/q-3;+3. The van der Waals surface area contributed by atoms with Gasteiger partial charge in [0.2, 0.25) is 0 Å². The van der Waals surface area contributed by atoms with Crippen molar-refractivity contribution in [3.63, 3.8) is 0 Å². The van der Waals surface area contributed by atoms with Crippen LogP contribution in [0.1, 0.15) is 79.4 Å². The molecule has 0 unspecified atom stereocenters. The number of fused-ring (bicyclic) bond motifs is 9. The zero-order valence-corrected chi connectivity index (χ0v) is 55.1. The smallest absolute Gasteiger partial charge is 0.345 e. The van der Waals surface area contributed by atoms with E-state index in [1.807, 2.05) is 50.0 Å². The number of benzene rings is 7.